The van der Waals surface area contributed by atoms with Gasteiger partial charge in [-0.1, -0.05) is 30.3 Å². The third kappa shape index (κ3) is 2.38. The number of nitrogens with zero attached hydrogens (tertiary/aromatic N) is 4. The van der Waals surface area contributed by atoms with Crippen molar-refractivity contribution in [3.05, 3.63) is 77.4 Å². The Labute approximate surface area is 135 Å². The molecule has 7 heteroatoms. The van der Waals surface area contributed by atoms with E-state index >= 15 is 0 Å². The molecule has 0 aliphatic carbocycles. The van der Waals surface area contributed by atoms with Gasteiger partial charge in [-0.15, -0.1) is 10.2 Å². The van der Waals surface area contributed by atoms with Crippen molar-refractivity contribution in [1.29, 1.82) is 0 Å². The van der Waals surface area contributed by atoms with Crippen molar-refractivity contribution in [2.24, 2.45) is 4.99 Å². The molecular weight excluding hydrogens is 317 g/mol. The quantitative estimate of drug-likeness (QED) is 0.684. The Balaban J connectivity index is 1.98. The number of aliphatic imine (C=N–C) groups is 1. The smallest absolute Gasteiger partial charge is 0.283 e. The largest absolute Gasteiger partial charge is 0.416 e. The molecular formula is C17H11F3N4. The van der Waals surface area contributed by atoms with Crippen molar-refractivity contribution >= 4 is 5.71 Å². The molecule has 0 saturated carbocycles. The van der Waals surface area contributed by atoms with Gasteiger partial charge in [0.15, 0.2) is 5.82 Å². The number of hydrogen-bond acceptors (Lipinski definition) is 3. The Kier molecular flexibility index (Phi) is 3.23. The van der Waals surface area contributed by atoms with E-state index in [1.807, 2.05) is 30.3 Å². The Morgan fingerprint density at radius 3 is 2.54 bits per heavy atom. The van der Waals surface area contributed by atoms with Crippen molar-refractivity contribution in [2.45, 2.75) is 12.7 Å². The highest BCUT2D eigenvalue weighted by Gasteiger charge is 2.32. The SMILES string of the molecule is FC(F)(F)c1ccc2c(c1)C(c1ccccc1)=NCc1nncn1-2. The monoisotopic (exact) mass is 328 g/mol. The summed E-state index contributed by atoms with van der Waals surface area (Å²) in [5, 5.41) is 7.83. The van der Waals surface area contributed by atoms with E-state index in [1.165, 1.54) is 12.4 Å². The molecule has 0 fully saturated rings. The Morgan fingerprint density at radius 1 is 1.00 bits per heavy atom. The predicted molar refractivity (Wildman–Crippen MR) is 82.1 cm³/mol. The van der Waals surface area contributed by atoms with Crippen molar-refractivity contribution in [2.75, 3.05) is 0 Å². The minimum absolute atomic E-state index is 0.250. The number of benzene rings is 2. The van der Waals surface area contributed by atoms with E-state index in [0.717, 1.165) is 17.7 Å². The van der Waals surface area contributed by atoms with Gasteiger partial charge in [0, 0.05) is 11.1 Å². The topological polar surface area (TPSA) is 43.1 Å². The zero-order valence-corrected chi connectivity index (χ0v) is 12.3. The van der Waals surface area contributed by atoms with Crippen LogP contribution in [0.4, 0.5) is 13.2 Å². The number of hydrogen-bond donors (Lipinski definition) is 0. The molecule has 1 aliphatic heterocycles. The molecule has 0 atom stereocenters. The summed E-state index contributed by atoms with van der Waals surface area (Å²) in [6.45, 7) is 0.250. The molecule has 4 rings (SSSR count). The fourth-order valence-electron chi connectivity index (χ4n) is 2.76. The van der Waals surface area contributed by atoms with Crippen LogP contribution >= 0.6 is 0 Å². The Hall–Kier alpha value is -2.96. The summed E-state index contributed by atoms with van der Waals surface area (Å²) < 4.78 is 41.1. The summed E-state index contributed by atoms with van der Waals surface area (Å²) in [6.07, 6.45) is -2.93. The molecule has 0 amide bonds. The standard InChI is InChI=1S/C17H11F3N4/c18-17(19,20)12-6-7-14-13(8-12)16(11-4-2-1-3-5-11)21-9-15-23-22-10-24(14)15/h1-8,10H,9H2. The first kappa shape index (κ1) is 14.6. The summed E-state index contributed by atoms with van der Waals surface area (Å²) in [4.78, 5) is 4.50. The normalized spacial score (nSPS) is 13.7. The predicted octanol–water partition coefficient (Wildman–Crippen LogP) is 3.64. The molecule has 120 valence electrons. The molecule has 0 N–H and O–H groups in total. The highest BCUT2D eigenvalue weighted by molar-refractivity contribution is 6.15. The third-order valence-electron chi connectivity index (χ3n) is 3.88. The van der Waals surface area contributed by atoms with Crippen molar-refractivity contribution in [3.63, 3.8) is 0 Å². The van der Waals surface area contributed by atoms with Gasteiger partial charge < -0.3 is 0 Å². The van der Waals surface area contributed by atoms with Crippen LogP contribution in [0.1, 0.15) is 22.5 Å². The lowest BCUT2D eigenvalue weighted by Crippen LogP contribution is -2.11. The van der Waals surface area contributed by atoms with Crippen LogP contribution < -0.4 is 0 Å². The summed E-state index contributed by atoms with van der Waals surface area (Å²) in [7, 11) is 0. The maximum absolute atomic E-state index is 13.2. The first-order valence-corrected chi connectivity index (χ1v) is 7.25. The van der Waals surface area contributed by atoms with Gasteiger partial charge in [0.25, 0.3) is 0 Å². The summed E-state index contributed by atoms with van der Waals surface area (Å²) in [5.41, 5.74) is 1.57. The maximum atomic E-state index is 13.2. The molecule has 0 saturated heterocycles. The fraction of sp³-hybridized carbons (Fsp3) is 0.118. The van der Waals surface area contributed by atoms with Gasteiger partial charge in [0.05, 0.1) is 17.0 Å². The van der Waals surface area contributed by atoms with Crippen molar-refractivity contribution < 1.29 is 13.2 Å². The van der Waals surface area contributed by atoms with Crippen LogP contribution in [0.3, 0.4) is 0 Å². The second-order valence-corrected chi connectivity index (χ2v) is 5.38. The average Bonchev–Trinajstić information content (AvgIpc) is 2.98. The molecule has 0 unspecified atom stereocenters. The number of halogens is 3. The van der Waals surface area contributed by atoms with Gasteiger partial charge >= 0.3 is 6.18 Å². The van der Waals surface area contributed by atoms with Gasteiger partial charge in [-0.25, -0.2) is 0 Å². The van der Waals surface area contributed by atoms with Crippen LogP contribution in [-0.2, 0) is 12.7 Å². The van der Waals surface area contributed by atoms with E-state index in [-0.39, 0.29) is 6.54 Å². The summed E-state index contributed by atoms with van der Waals surface area (Å²) in [6, 6.07) is 12.8. The van der Waals surface area contributed by atoms with Crippen LogP contribution in [0.2, 0.25) is 0 Å². The lowest BCUT2D eigenvalue weighted by atomic mass is 9.98. The highest BCUT2D eigenvalue weighted by atomic mass is 19.4. The second-order valence-electron chi connectivity index (χ2n) is 5.38. The fourth-order valence-corrected chi connectivity index (χ4v) is 2.76. The summed E-state index contributed by atoms with van der Waals surface area (Å²) >= 11 is 0. The summed E-state index contributed by atoms with van der Waals surface area (Å²) in [5.74, 6) is 0.585. The van der Waals surface area contributed by atoms with Gasteiger partial charge in [-0.3, -0.25) is 9.56 Å². The molecule has 2 aromatic carbocycles. The number of fused-ring (bicyclic) bond motifs is 3. The van der Waals surface area contributed by atoms with Crippen LogP contribution in [-0.4, -0.2) is 20.5 Å². The Morgan fingerprint density at radius 2 is 1.79 bits per heavy atom. The van der Waals surface area contributed by atoms with E-state index in [0.29, 0.717) is 22.8 Å². The molecule has 4 nitrogen and oxygen atoms in total. The van der Waals surface area contributed by atoms with Crippen LogP contribution in [0.25, 0.3) is 5.69 Å². The average molecular weight is 328 g/mol. The first-order valence-electron chi connectivity index (χ1n) is 7.25. The molecule has 1 aliphatic rings. The minimum Gasteiger partial charge on any atom is -0.283 e. The third-order valence-corrected chi connectivity index (χ3v) is 3.88. The van der Waals surface area contributed by atoms with Gasteiger partial charge in [-0.05, 0) is 18.2 Å². The number of alkyl halides is 3. The molecule has 1 aromatic heterocycles. The molecule has 3 aromatic rings. The number of aromatic nitrogens is 3. The molecule has 24 heavy (non-hydrogen) atoms. The van der Waals surface area contributed by atoms with E-state index in [2.05, 4.69) is 15.2 Å². The van der Waals surface area contributed by atoms with Crippen LogP contribution in [0.5, 0.6) is 0 Å². The highest BCUT2D eigenvalue weighted by Crippen LogP contribution is 2.33. The molecule has 2 heterocycles. The molecule has 0 spiro atoms. The first-order chi connectivity index (χ1) is 11.5. The second kappa shape index (κ2) is 5.30. The lowest BCUT2D eigenvalue weighted by Gasteiger charge is -2.14. The van der Waals surface area contributed by atoms with Gasteiger partial charge in [0.2, 0.25) is 0 Å². The zero-order valence-electron chi connectivity index (χ0n) is 12.3. The van der Waals surface area contributed by atoms with Gasteiger partial charge in [-0.2, -0.15) is 13.2 Å². The van der Waals surface area contributed by atoms with E-state index < -0.39 is 11.7 Å². The van der Waals surface area contributed by atoms with E-state index in [9.17, 15) is 13.2 Å². The number of rotatable bonds is 1. The van der Waals surface area contributed by atoms with Crippen molar-refractivity contribution in [3.8, 4) is 5.69 Å². The van der Waals surface area contributed by atoms with Crippen LogP contribution in [0, 0.1) is 0 Å². The molecule has 0 radical (unpaired) electrons. The zero-order chi connectivity index (χ0) is 16.7. The lowest BCUT2D eigenvalue weighted by molar-refractivity contribution is -0.137. The van der Waals surface area contributed by atoms with E-state index in [4.69, 9.17) is 0 Å². The maximum Gasteiger partial charge on any atom is 0.416 e. The van der Waals surface area contributed by atoms with Crippen LogP contribution in [0.15, 0.2) is 59.9 Å². The minimum atomic E-state index is -4.42. The Bertz CT molecular complexity index is 927. The van der Waals surface area contributed by atoms with Gasteiger partial charge in [0.1, 0.15) is 12.9 Å². The van der Waals surface area contributed by atoms with Crippen molar-refractivity contribution in [1.82, 2.24) is 14.8 Å². The van der Waals surface area contributed by atoms with E-state index in [1.54, 1.807) is 4.57 Å². The molecule has 0 bridgehead atoms.